The second-order valence-corrected chi connectivity index (χ2v) is 5.75. The summed E-state index contributed by atoms with van der Waals surface area (Å²) in [4.78, 5) is 0. The van der Waals surface area contributed by atoms with Gasteiger partial charge in [-0.3, -0.25) is 0 Å². The number of anilines is 1. The van der Waals surface area contributed by atoms with Crippen molar-refractivity contribution < 1.29 is 0 Å². The molecule has 0 saturated carbocycles. The average Bonchev–Trinajstić information content (AvgIpc) is 2.28. The van der Waals surface area contributed by atoms with Gasteiger partial charge in [-0.05, 0) is 43.9 Å². The van der Waals surface area contributed by atoms with Crippen LogP contribution in [-0.2, 0) is 0 Å². The fourth-order valence-electron chi connectivity index (χ4n) is 3.20. The number of hydrogen-bond donors (Lipinski definition) is 2. The quantitative estimate of drug-likeness (QED) is 0.841. The van der Waals surface area contributed by atoms with Gasteiger partial charge in [0, 0.05) is 28.8 Å². The maximum Gasteiger partial charge on any atom is 0.0426 e. The lowest BCUT2D eigenvalue weighted by Gasteiger charge is -2.40. The van der Waals surface area contributed by atoms with Crippen molar-refractivity contribution in [3.05, 3.63) is 29.3 Å². The summed E-state index contributed by atoms with van der Waals surface area (Å²) in [6, 6.07) is 10.1. The van der Waals surface area contributed by atoms with E-state index in [1.54, 1.807) is 0 Å². The number of rotatable bonds is 2. The van der Waals surface area contributed by atoms with Crippen molar-refractivity contribution >= 4 is 17.3 Å². The van der Waals surface area contributed by atoms with Crippen molar-refractivity contribution in [2.45, 2.75) is 50.2 Å². The van der Waals surface area contributed by atoms with E-state index < -0.39 is 0 Å². The molecule has 2 nitrogen and oxygen atoms in total. The number of benzene rings is 1. The zero-order chi connectivity index (χ0) is 11.7. The Hall–Kier alpha value is -0.730. The zero-order valence-corrected chi connectivity index (χ0v) is 10.7. The highest BCUT2D eigenvalue weighted by molar-refractivity contribution is 6.30. The van der Waals surface area contributed by atoms with Crippen LogP contribution in [0.2, 0.25) is 5.02 Å². The van der Waals surface area contributed by atoms with Gasteiger partial charge in [0.05, 0.1) is 0 Å². The van der Waals surface area contributed by atoms with Gasteiger partial charge in [-0.15, -0.1) is 0 Å². The van der Waals surface area contributed by atoms with Crippen LogP contribution in [0.5, 0.6) is 0 Å². The number of fused-ring (bicyclic) bond motifs is 2. The van der Waals surface area contributed by atoms with Crippen molar-refractivity contribution in [3.63, 3.8) is 0 Å². The molecular formula is C14H19ClN2. The summed E-state index contributed by atoms with van der Waals surface area (Å²) in [5.41, 5.74) is 1.16. The minimum Gasteiger partial charge on any atom is -0.382 e. The van der Waals surface area contributed by atoms with Crippen LogP contribution in [0.3, 0.4) is 0 Å². The van der Waals surface area contributed by atoms with Gasteiger partial charge in [-0.25, -0.2) is 0 Å². The molecule has 1 aromatic rings. The number of hydrogen-bond acceptors (Lipinski definition) is 2. The SMILES string of the molecule is Clc1cccc(N[C@@H]2C[C@H]3CCC[C@@H](C2)N3)c1. The minimum absolute atomic E-state index is 0.602. The molecule has 2 bridgehead atoms. The molecule has 2 heterocycles. The van der Waals surface area contributed by atoms with Crippen LogP contribution in [0.1, 0.15) is 32.1 Å². The van der Waals surface area contributed by atoms with Gasteiger partial charge in [-0.2, -0.15) is 0 Å². The van der Waals surface area contributed by atoms with Crippen molar-refractivity contribution in [3.8, 4) is 0 Å². The van der Waals surface area contributed by atoms with Crippen LogP contribution in [0, 0.1) is 0 Å². The first-order valence-corrected chi connectivity index (χ1v) is 6.95. The Labute approximate surface area is 108 Å². The highest BCUT2D eigenvalue weighted by Crippen LogP contribution is 2.28. The molecule has 3 heteroatoms. The molecule has 0 amide bonds. The van der Waals surface area contributed by atoms with E-state index in [2.05, 4.69) is 16.7 Å². The Kier molecular flexibility index (Phi) is 3.26. The molecule has 2 saturated heterocycles. The van der Waals surface area contributed by atoms with Crippen LogP contribution in [0.15, 0.2) is 24.3 Å². The normalized spacial score (nSPS) is 32.2. The topological polar surface area (TPSA) is 24.1 Å². The predicted octanol–water partition coefficient (Wildman–Crippen LogP) is 3.43. The van der Waals surface area contributed by atoms with Crippen molar-refractivity contribution in [1.29, 1.82) is 0 Å². The standard InChI is InChI=1S/C14H19ClN2/c15-10-3-1-4-11(7-10)17-14-8-12-5-2-6-13(9-14)16-12/h1,3-4,7,12-14,16-17H,2,5-6,8-9H2/t12-,13+,14-. The molecule has 2 N–H and O–H groups in total. The molecule has 1 aromatic carbocycles. The fraction of sp³-hybridized carbons (Fsp3) is 0.571. The second-order valence-electron chi connectivity index (χ2n) is 5.31. The molecule has 0 unspecified atom stereocenters. The molecule has 92 valence electrons. The Morgan fingerprint density at radius 1 is 1.18 bits per heavy atom. The molecular weight excluding hydrogens is 232 g/mol. The van der Waals surface area contributed by atoms with E-state index in [4.69, 9.17) is 11.6 Å². The number of piperidine rings is 2. The molecule has 2 aliphatic heterocycles. The first-order valence-electron chi connectivity index (χ1n) is 6.58. The third-order valence-corrected chi connectivity index (χ3v) is 4.15. The van der Waals surface area contributed by atoms with E-state index in [0.717, 1.165) is 22.8 Å². The van der Waals surface area contributed by atoms with Crippen LogP contribution in [0.4, 0.5) is 5.69 Å². The first-order chi connectivity index (χ1) is 8.29. The van der Waals surface area contributed by atoms with Gasteiger partial charge >= 0.3 is 0 Å². The summed E-state index contributed by atoms with van der Waals surface area (Å²) in [5.74, 6) is 0. The van der Waals surface area contributed by atoms with E-state index in [1.807, 2.05) is 18.2 Å². The van der Waals surface area contributed by atoms with E-state index in [-0.39, 0.29) is 0 Å². The second kappa shape index (κ2) is 4.87. The summed E-state index contributed by atoms with van der Waals surface area (Å²) in [6.07, 6.45) is 6.55. The average molecular weight is 251 g/mol. The van der Waals surface area contributed by atoms with Crippen LogP contribution in [-0.4, -0.2) is 18.1 Å². The van der Waals surface area contributed by atoms with Crippen molar-refractivity contribution in [2.24, 2.45) is 0 Å². The zero-order valence-electron chi connectivity index (χ0n) is 9.95. The van der Waals surface area contributed by atoms with Crippen molar-refractivity contribution in [2.75, 3.05) is 5.32 Å². The van der Waals surface area contributed by atoms with E-state index >= 15 is 0 Å². The summed E-state index contributed by atoms with van der Waals surface area (Å²) < 4.78 is 0. The Balaban J connectivity index is 1.65. The molecule has 0 radical (unpaired) electrons. The van der Waals surface area contributed by atoms with Gasteiger partial charge in [0.2, 0.25) is 0 Å². The molecule has 3 rings (SSSR count). The molecule has 0 spiro atoms. The molecule has 0 aromatic heterocycles. The van der Waals surface area contributed by atoms with Gasteiger partial charge < -0.3 is 10.6 Å². The molecule has 3 atom stereocenters. The molecule has 2 aliphatic rings. The van der Waals surface area contributed by atoms with Crippen LogP contribution in [0.25, 0.3) is 0 Å². The maximum absolute atomic E-state index is 6.01. The minimum atomic E-state index is 0.602. The Bertz CT molecular complexity index is 382. The molecule has 0 aliphatic carbocycles. The van der Waals surface area contributed by atoms with Gasteiger partial charge in [0.25, 0.3) is 0 Å². The number of halogens is 1. The summed E-state index contributed by atoms with van der Waals surface area (Å²) in [6.45, 7) is 0. The van der Waals surface area contributed by atoms with Crippen LogP contribution >= 0.6 is 11.6 Å². The fourth-order valence-corrected chi connectivity index (χ4v) is 3.39. The summed E-state index contributed by atoms with van der Waals surface area (Å²) in [5, 5.41) is 8.15. The first kappa shape index (κ1) is 11.4. The van der Waals surface area contributed by atoms with Gasteiger partial charge in [0.15, 0.2) is 0 Å². The molecule has 2 fully saturated rings. The predicted molar refractivity (Wildman–Crippen MR) is 72.7 cm³/mol. The maximum atomic E-state index is 6.01. The lowest BCUT2D eigenvalue weighted by molar-refractivity contribution is 0.230. The van der Waals surface area contributed by atoms with Gasteiger partial charge in [-0.1, -0.05) is 24.1 Å². The lowest BCUT2D eigenvalue weighted by atomic mass is 9.84. The van der Waals surface area contributed by atoms with Crippen molar-refractivity contribution in [1.82, 2.24) is 5.32 Å². The largest absolute Gasteiger partial charge is 0.382 e. The monoisotopic (exact) mass is 250 g/mol. The Morgan fingerprint density at radius 2 is 1.94 bits per heavy atom. The smallest absolute Gasteiger partial charge is 0.0426 e. The van der Waals surface area contributed by atoms with Crippen LogP contribution < -0.4 is 10.6 Å². The van der Waals surface area contributed by atoms with Gasteiger partial charge in [0.1, 0.15) is 0 Å². The highest BCUT2D eigenvalue weighted by Gasteiger charge is 2.30. The molecule has 17 heavy (non-hydrogen) atoms. The summed E-state index contributed by atoms with van der Waals surface area (Å²) >= 11 is 6.01. The third-order valence-electron chi connectivity index (χ3n) is 3.91. The summed E-state index contributed by atoms with van der Waals surface area (Å²) in [7, 11) is 0. The van der Waals surface area contributed by atoms with E-state index in [9.17, 15) is 0 Å². The Morgan fingerprint density at radius 3 is 2.65 bits per heavy atom. The third kappa shape index (κ3) is 2.75. The highest BCUT2D eigenvalue weighted by atomic mass is 35.5. The lowest BCUT2D eigenvalue weighted by Crippen LogP contribution is -2.51. The number of nitrogens with one attached hydrogen (secondary N) is 2. The van der Waals surface area contributed by atoms with E-state index in [1.165, 1.54) is 32.1 Å². The van der Waals surface area contributed by atoms with E-state index in [0.29, 0.717) is 6.04 Å².